The fraction of sp³-hybridized carbons (Fsp3) is 1.00. The van der Waals surface area contributed by atoms with Crippen molar-refractivity contribution in [2.45, 2.75) is 19.0 Å². The van der Waals surface area contributed by atoms with E-state index in [1.807, 2.05) is 0 Å². The molecule has 2 nitrogen and oxygen atoms in total. The third kappa shape index (κ3) is 1.20. The third-order valence-electron chi connectivity index (χ3n) is 1.66. The van der Waals surface area contributed by atoms with Crippen LogP contribution in [-0.4, -0.2) is 31.7 Å². The van der Waals surface area contributed by atoms with E-state index in [1.54, 1.807) is 0 Å². The minimum Gasteiger partial charge on any atom is -0.302 e. The van der Waals surface area contributed by atoms with Gasteiger partial charge in [0.1, 0.15) is 0 Å². The van der Waals surface area contributed by atoms with Crippen LogP contribution in [0.15, 0.2) is 0 Å². The quantitative estimate of drug-likeness (QED) is 0.526. The average Bonchev–Trinajstić information content (AvgIpc) is 2.12. The Kier molecular flexibility index (Phi) is 1.86. The van der Waals surface area contributed by atoms with Crippen molar-refractivity contribution < 1.29 is 0 Å². The third-order valence-corrected chi connectivity index (χ3v) is 1.66. The van der Waals surface area contributed by atoms with E-state index in [9.17, 15) is 0 Å². The Morgan fingerprint density at radius 1 is 1.50 bits per heavy atom. The molecule has 1 aliphatic rings. The van der Waals surface area contributed by atoms with Gasteiger partial charge in [0.05, 0.1) is 6.17 Å². The van der Waals surface area contributed by atoms with Crippen molar-refractivity contribution in [2.75, 3.05) is 20.6 Å². The monoisotopic (exact) mass is 114 g/mol. The molecule has 0 spiro atoms. The minimum atomic E-state index is 0.648. The summed E-state index contributed by atoms with van der Waals surface area (Å²) in [6, 6.07) is 0. The summed E-state index contributed by atoms with van der Waals surface area (Å²) in [5.41, 5.74) is 0. The molecule has 8 heavy (non-hydrogen) atoms. The lowest BCUT2D eigenvalue weighted by Crippen LogP contribution is -2.35. The van der Waals surface area contributed by atoms with Crippen molar-refractivity contribution in [3.05, 3.63) is 0 Å². The molecule has 48 valence electrons. The van der Waals surface area contributed by atoms with E-state index in [-0.39, 0.29) is 0 Å². The Hall–Kier alpha value is -0.0800. The molecule has 0 aliphatic carbocycles. The fourth-order valence-electron chi connectivity index (χ4n) is 1.11. The van der Waals surface area contributed by atoms with Crippen LogP contribution in [-0.2, 0) is 0 Å². The first kappa shape index (κ1) is 6.05. The number of hydrogen-bond acceptors (Lipinski definition) is 2. The van der Waals surface area contributed by atoms with Crippen molar-refractivity contribution >= 4 is 0 Å². The summed E-state index contributed by atoms with van der Waals surface area (Å²) in [5, 5.41) is 3.38. The standard InChI is InChI=1S/C6H14N2/c1-8(2)6-4-3-5-7-6/h6-7H,3-5H2,1-2H3. The van der Waals surface area contributed by atoms with Gasteiger partial charge in [-0.2, -0.15) is 0 Å². The Bertz CT molecular complexity index is 64.9. The predicted molar refractivity (Wildman–Crippen MR) is 34.7 cm³/mol. The van der Waals surface area contributed by atoms with Gasteiger partial charge in [0.15, 0.2) is 0 Å². The highest BCUT2D eigenvalue weighted by atomic mass is 15.2. The first-order chi connectivity index (χ1) is 3.80. The molecule has 0 saturated carbocycles. The van der Waals surface area contributed by atoms with E-state index >= 15 is 0 Å². The summed E-state index contributed by atoms with van der Waals surface area (Å²) < 4.78 is 0. The summed E-state index contributed by atoms with van der Waals surface area (Å²) >= 11 is 0. The Labute approximate surface area is 50.9 Å². The lowest BCUT2D eigenvalue weighted by Gasteiger charge is -2.17. The summed E-state index contributed by atoms with van der Waals surface area (Å²) in [7, 11) is 4.23. The van der Waals surface area contributed by atoms with Crippen LogP contribution >= 0.6 is 0 Å². The highest BCUT2D eigenvalue weighted by molar-refractivity contribution is 4.70. The SMILES string of the molecule is CN(C)C1CCCN1. The summed E-state index contributed by atoms with van der Waals surface area (Å²) in [4.78, 5) is 2.23. The van der Waals surface area contributed by atoms with E-state index in [0.29, 0.717) is 6.17 Å². The van der Waals surface area contributed by atoms with Crippen molar-refractivity contribution in [1.29, 1.82) is 0 Å². The van der Waals surface area contributed by atoms with Gasteiger partial charge in [0, 0.05) is 0 Å². The van der Waals surface area contributed by atoms with Crippen LogP contribution in [0.5, 0.6) is 0 Å². The van der Waals surface area contributed by atoms with Crippen molar-refractivity contribution in [1.82, 2.24) is 10.2 Å². The molecule has 0 radical (unpaired) electrons. The molecule has 0 aromatic carbocycles. The molecule has 1 rings (SSSR count). The Morgan fingerprint density at radius 2 is 2.25 bits per heavy atom. The first-order valence-electron chi connectivity index (χ1n) is 3.20. The smallest absolute Gasteiger partial charge is 0.0592 e. The summed E-state index contributed by atoms with van der Waals surface area (Å²) in [5.74, 6) is 0. The van der Waals surface area contributed by atoms with Gasteiger partial charge in [-0.15, -0.1) is 0 Å². The second-order valence-corrected chi connectivity index (χ2v) is 2.58. The zero-order valence-electron chi connectivity index (χ0n) is 5.65. The van der Waals surface area contributed by atoms with Gasteiger partial charge in [0.25, 0.3) is 0 Å². The molecule has 0 amide bonds. The van der Waals surface area contributed by atoms with Gasteiger partial charge in [0.2, 0.25) is 0 Å². The molecule has 2 heteroatoms. The van der Waals surface area contributed by atoms with Gasteiger partial charge in [-0.25, -0.2) is 0 Å². The second-order valence-electron chi connectivity index (χ2n) is 2.58. The molecule has 1 atom stereocenters. The molecule has 0 aromatic heterocycles. The predicted octanol–water partition coefficient (Wildman–Crippen LogP) is 0.257. The molecule has 1 fully saturated rings. The topological polar surface area (TPSA) is 15.3 Å². The van der Waals surface area contributed by atoms with Crippen LogP contribution in [0, 0.1) is 0 Å². The molecular weight excluding hydrogens is 100 g/mol. The van der Waals surface area contributed by atoms with Crippen LogP contribution in [0.1, 0.15) is 12.8 Å². The number of nitrogens with one attached hydrogen (secondary N) is 1. The average molecular weight is 114 g/mol. The Morgan fingerprint density at radius 3 is 2.50 bits per heavy atom. The maximum atomic E-state index is 3.38. The molecule has 0 aromatic rings. The molecule has 1 heterocycles. The van der Waals surface area contributed by atoms with Gasteiger partial charge in [-0.3, -0.25) is 4.90 Å². The van der Waals surface area contributed by atoms with Crippen molar-refractivity contribution in [3.8, 4) is 0 Å². The molecule has 1 aliphatic heterocycles. The van der Waals surface area contributed by atoms with Crippen LogP contribution in [0.2, 0.25) is 0 Å². The van der Waals surface area contributed by atoms with Gasteiger partial charge < -0.3 is 5.32 Å². The van der Waals surface area contributed by atoms with Gasteiger partial charge >= 0.3 is 0 Å². The maximum absolute atomic E-state index is 3.38. The number of rotatable bonds is 1. The Balaban J connectivity index is 2.24. The van der Waals surface area contributed by atoms with Crippen LogP contribution in [0.25, 0.3) is 0 Å². The highest BCUT2D eigenvalue weighted by Crippen LogP contribution is 2.05. The molecular formula is C6H14N2. The molecule has 1 N–H and O–H groups in total. The van der Waals surface area contributed by atoms with Gasteiger partial charge in [-0.1, -0.05) is 0 Å². The number of nitrogens with zero attached hydrogens (tertiary/aromatic N) is 1. The number of hydrogen-bond donors (Lipinski definition) is 1. The van der Waals surface area contributed by atoms with E-state index in [4.69, 9.17) is 0 Å². The van der Waals surface area contributed by atoms with Crippen molar-refractivity contribution in [2.24, 2.45) is 0 Å². The lowest BCUT2D eigenvalue weighted by atomic mass is 10.3. The largest absolute Gasteiger partial charge is 0.302 e. The van der Waals surface area contributed by atoms with E-state index in [0.717, 1.165) is 0 Å². The van der Waals surface area contributed by atoms with Crippen molar-refractivity contribution in [3.63, 3.8) is 0 Å². The summed E-state index contributed by atoms with van der Waals surface area (Å²) in [6.07, 6.45) is 3.30. The van der Waals surface area contributed by atoms with E-state index in [1.165, 1.54) is 19.4 Å². The second kappa shape index (κ2) is 2.46. The molecule has 1 unspecified atom stereocenters. The van der Waals surface area contributed by atoms with E-state index < -0.39 is 0 Å². The zero-order valence-corrected chi connectivity index (χ0v) is 5.65. The van der Waals surface area contributed by atoms with Crippen LogP contribution < -0.4 is 5.32 Å². The van der Waals surface area contributed by atoms with E-state index in [2.05, 4.69) is 24.3 Å². The fourth-order valence-corrected chi connectivity index (χ4v) is 1.11. The normalized spacial score (nSPS) is 29.6. The molecule has 1 saturated heterocycles. The maximum Gasteiger partial charge on any atom is 0.0592 e. The minimum absolute atomic E-state index is 0.648. The molecule has 0 bridgehead atoms. The summed E-state index contributed by atoms with van der Waals surface area (Å²) in [6.45, 7) is 1.20. The van der Waals surface area contributed by atoms with Crippen LogP contribution in [0.3, 0.4) is 0 Å². The van der Waals surface area contributed by atoms with Gasteiger partial charge in [-0.05, 0) is 33.5 Å². The zero-order chi connectivity index (χ0) is 5.98. The van der Waals surface area contributed by atoms with Crippen LogP contribution in [0.4, 0.5) is 0 Å². The lowest BCUT2D eigenvalue weighted by molar-refractivity contribution is 0.274. The highest BCUT2D eigenvalue weighted by Gasteiger charge is 2.14. The first-order valence-corrected chi connectivity index (χ1v) is 3.20.